The third-order valence-electron chi connectivity index (χ3n) is 5.86. The van der Waals surface area contributed by atoms with Crippen molar-refractivity contribution in [2.75, 3.05) is 7.05 Å². The Kier molecular flexibility index (Phi) is 2.87. The van der Waals surface area contributed by atoms with Crippen LogP contribution in [0.3, 0.4) is 0 Å². The predicted octanol–water partition coefficient (Wildman–Crippen LogP) is 2.07. The van der Waals surface area contributed by atoms with Gasteiger partial charge in [0.2, 0.25) is 0 Å². The van der Waals surface area contributed by atoms with E-state index in [4.69, 9.17) is 0 Å². The Labute approximate surface area is 115 Å². The Morgan fingerprint density at radius 3 is 2.47 bits per heavy atom. The number of hydrogen-bond donors (Lipinski definition) is 1. The molecule has 5 rings (SSSR count). The molecule has 1 N–H and O–H groups in total. The molecule has 104 valence electrons. The van der Waals surface area contributed by atoms with Crippen LogP contribution in [0.4, 0.5) is 0 Å². The lowest BCUT2D eigenvalue weighted by Crippen LogP contribution is -2.46. The zero-order chi connectivity index (χ0) is 12.8. The Morgan fingerprint density at radius 1 is 1.16 bits per heavy atom. The Balaban J connectivity index is 1.52. The van der Waals surface area contributed by atoms with Gasteiger partial charge in [0.15, 0.2) is 0 Å². The number of aromatic nitrogens is 3. The molecule has 4 bridgehead atoms. The van der Waals surface area contributed by atoms with Crippen LogP contribution in [0.25, 0.3) is 0 Å². The van der Waals surface area contributed by atoms with Gasteiger partial charge in [-0.15, -0.1) is 10.2 Å². The average Bonchev–Trinajstić information content (AvgIpc) is 2.81. The molecule has 4 aliphatic rings. The van der Waals surface area contributed by atoms with Crippen LogP contribution in [-0.4, -0.2) is 21.8 Å². The summed E-state index contributed by atoms with van der Waals surface area (Å²) in [6.07, 6.45) is 9.47. The zero-order valence-corrected chi connectivity index (χ0v) is 11.8. The van der Waals surface area contributed by atoms with Crippen molar-refractivity contribution >= 4 is 0 Å². The predicted molar refractivity (Wildman–Crippen MR) is 73.3 cm³/mol. The Hall–Kier alpha value is -0.900. The molecule has 4 nitrogen and oxygen atoms in total. The lowest BCUT2D eigenvalue weighted by Gasteiger charge is -2.54. The molecule has 0 aliphatic heterocycles. The maximum absolute atomic E-state index is 4.24. The minimum absolute atomic E-state index is 0.827. The van der Waals surface area contributed by atoms with Gasteiger partial charge in [0, 0.05) is 6.54 Å². The summed E-state index contributed by atoms with van der Waals surface area (Å²) >= 11 is 0. The number of hydrogen-bond acceptors (Lipinski definition) is 3. The van der Waals surface area contributed by atoms with Gasteiger partial charge in [0.05, 0.1) is 6.54 Å². The van der Waals surface area contributed by atoms with Crippen molar-refractivity contribution in [3.8, 4) is 0 Å². The van der Waals surface area contributed by atoms with E-state index in [-0.39, 0.29) is 0 Å². The highest BCUT2D eigenvalue weighted by Crippen LogP contribution is 2.56. The number of nitrogens with one attached hydrogen (secondary N) is 1. The van der Waals surface area contributed by atoms with Crippen molar-refractivity contribution in [3.63, 3.8) is 0 Å². The van der Waals surface area contributed by atoms with Gasteiger partial charge >= 0.3 is 0 Å². The van der Waals surface area contributed by atoms with Gasteiger partial charge in [-0.3, -0.25) is 0 Å². The minimum atomic E-state index is 0.827. The first kappa shape index (κ1) is 11.9. The van der Waals surface area contributed by atoms with Gasteiger partial charge in [-0.05, 0) is 68.7 Å². The van der Waals surface area contributed by atoms with Crippen LogP contribution in [0.1, 0.15) is 37.9 Å². The second-order valence-corrected chi connectivity index (χ2v) is 7.02. The van der Waals surface area contributed by atoms with Crippen molar-refractivity contribution < 1.29 is 0 Å². The molecule has 4 saturated carbocycles. The molecule has 4 aliphatic carbocycles. The SMILES string of the molecule is CNCc1nncn1CC1C2CC3CC(C2)CC1C3. The summed E-state index contributed by atoms with van der Waals surface area (Å²) in [6, 6.07) is 0. The van der Waals surface area contributed by atoms with Gasteiger partial charge in [-0.25, -0.2) is 0 Å². The first-order valence-electron chi connectivity index (χ1n) is 7.84. The van der Waals surface area contributed by atoms with E-state index in [1.165, 1.54) is 32.1 Å². The van der Waals surface area contributed by atoms with Crippen LogP contribution in [0, 0.1) is 29.6 Å². The van der Waals surface area contributed by atoms with Crippen LogP contribution < -0.4 is 5.32 Å². The van der Waals surface area contributed by atoms with Crippen LogP contribution in [0.15, 0.2) is 6.33 Å². The summed E-state index contributed by atoms with van der Waals surface area (Å²) in [5.41, 5.74) is 0. The van der Waals surface area contributed by atoms with Crippen molar-refractivity contribution in [3.05, 3.63) is 12.2 Å². The van der Waals surface area contributed by atoms with Crippen molar-refractivity contribution in [2.24, 2.45) is 29.6 Å². The average molecular weight is 260 g/mol. The molecule has 0 unspecified atom stereocenters. The van der Waals surface area contributed by atoms with E-state index in [2.05, 4.69) is 20.1 Å². The molecule has 0 spiro atoms. The fourth-order valence-corrected chi connectivity index (χ4v) is 5.29. The van der Waals surface area contributed by atoms with E-state index in [1.54, 1.807) is 0 Å². The molecule has 0 atom stereocenters. The van der Waals surface area contributed by atoms with Crippen LogP contribution in [-0.2, 0) is 13.1 Å². The standard InChI is InChI=1S/C15H24N4/c1-16-7-15-18-17-9-19(15)8-14-12-3-10-2-11(5-12)6-13(14)4-10/h9-14,16H,2-8H2,1H3. The van der Waals surface area contributed by atoms with Gasteiger partial charge in [0.1, 0.15) is 12.2 Å². The first-order chi connectivity index (χ1) is 9.33. The van der Waals surface area contributed by atoms with Crippen LogP contribution in [0.5, 0.6) is 0 Å². The second-order valence-electron chi connectivity index (χ2n) is 7.02. The smallest absolute Gasteiger partial charge is 0.146 e. The summed E-state index contributed by atoms with van der Waals surface area (Å²) in [4.78, 5) is 0. The van der Waals surface area contributed by atoms with Gasteiger partial charge in [-0.1, -0.05) is 0 Å². The lowest BCUT2D eigenvalue weighted by molar-refractivity contribution is -0.0433. The molecule has 1 aromatic heterocycles. The topological polar surface area (TPSA) is 42.7 Å². The van der Waals surface area contributed by atoms with Gasteiger partial charge in [-0.2, -0.15) is 0 Å². The molecule has 0 saturated heterocycles. The van der Waals surface area contributed by atoms with Crippen molar-refractivity contribution in [1.29, 1.82) is 0 Å². The summed E-state index contributed by atoms with van der Waals surface area (Å²) in [6.45, 7) is 1.98. The normalized spacial score (nSPS) is 39.9. The molecular formula is C15H24N4. The van der Waals surface area contributed by atoms with E-state index < -0.39 is 0 Å². The summed E-state index contributed by atoms with van der Waals surface area (Å²) in [7, 11) is 1.97. The highest BCUT2D eigenvalue weighted by molar-refractivity contribution is 4.99. The fourth-order valence-electron chi connectivity index (χ4n) is 5.29. The maximum Gasteiger partial charge on any atom is 0.146 e. The lowest BCUT2D eigenvalue weighted by atomic mass is 9.52. The molecule has 0 aromatic carbocycles. The van der Waals surface area contributed by atoms with Crippen LogP contribution >= 0.6 is 0 Å². The monoisotopic (exact) mass is 260 g/mol. The number of nitrogens with zero attached hydrogens (tertiary/aromatic N) is 3. The van der Waals surface area contributed by atoms with Crippen LogP contribution in [0.2, 0.25) is 0 Å². The molecule has 1 heterocycles. The summed E-state index contributed by atoms with van der Waals surface area (Å²) in [5.74, 6) is 6.09. The molecule has 1 aromatic rings. The third kappa shape index (κ3) is 2.00. The summed E-state index contributed by atoms with van der Waals surface area (Å²) < 4.78 is 2.30. The largest absolute Gasteiger partial charge is 0.316 e. The summed E-state index contributed by atoms with van der Waals surface area (Å²) in [5, 5.41) is 11.5. The van der Waals surface area contributed by atoms with Crippen molar-refractivity contribution in [1.82, 2.24) is 20.1 Å². The van der Waals surface area contributed by atoms with Gasteiger partial charge < -0.3 is 9.88 Å². The van der Waals surface area contributed by atoms with E-state index in [1.807, 2.05) is 13.4 Å². The molecule has 4 fully saturated rings. The molecule has 4 heteroatoms. The van der Waals surface area contributed by atoms with Crippen molar-refractivity contribution in [2.45, 2.75) is 45.2 Å². The maximum atomic E-state index is 4.24. The number of rotatable bonds is 4. The van der Waals surface area contributed by atoms with E-state index in [0.29, 0.717) is 0 Å². The molecular weight excluding hydrogens is 236 g/mol. The molecule has 19 heavy (non-hydrogen) atoms. The molecule has 0 amide bonds. The quantitative estimate of drug-likeness (QED) is 0.901. The first-order valence-corrected chi connectivity index (χ1v) is 7.84. The Bertz CT molecular complexity index is 425. The van der Waals surface area contributed by atoms with E-state index >= 15 is 0 Å². The Morgan fingerprint density at radius 2 is 1.84 bits per heavy atom. The van der Waals surface area contributed by atoms with E-state index in [9.17, 15) is 0 Å². The highest BCUT2D eigenvalue weighted by atomic mass is 15.3. The van der Waals surface area contributed by atoms with Gasteiger partial charge in [0.25, 0.3) is 0 Å². The molecule has 0 radical (unpaired) electrons. The third-order valence-corrected chi connectivity index (χ3v) is 5.86. The fraction of sp³-hybridized carbons (Fsp3) is 0.867. The second kappa shape index (κ2) is 4.58. The zero-order valence-electron chi connectivity index (χ0n) is 11.8. The minimum Gasteiger partial charge on any atom is -0.316 e. The van der Waals surface area contributed by atoms with E-state index in [0.717, 1.165) is 48.5 Å². The highest BCUT2D eigenvalue weighted by Gasteiger charge is 2.48.